The van der Waals surface area contributed by atoms with Crippen LogP contribution in [0.4, 0.5) is 22.0 Å². The standard InChI is InChI=1S/C21H16ClN7O/c1-13-18(19(23)29-20(26-13)24-12-25-29)10-7-14-5-8-16(9-6-14)27-21(30)28-17-4-2-3-15(22)11-17/h2-6,8-9,11-12H,23H2,1H3,(H2,27,28,30). The van der Waals surface area contributed by atoms with Gasteiger partial charge in [0.25, 0.3) is 5.78 Å². The first kappa shape index (κ1) is 19.2. The van der Waals surface area contributed by atoms with E-state index in [1.54, 1.807) is 48.5 Å². The molecule has 0 aliphatic carbocycles. The molecule has 0 bridgehead atoms. The minimum atomic E-state index is -0.369. The number of nitrogens with zero attached hydrogens (tertiary/aromatic N) is 4. The molecule has 148 valence electrons. The van der Waals surface area contributed by atoms with E-state index in [0.717, 1.165) is 5.56 Å². The second-order valence-electron chi connectivity index (χ2n) is 6.35. The summed E-state index contributed by atoms with van der Waals surface area (Å²) in [4.78, 5) is 20.5. The third kappa shape index (κ3) is 4.16. The Kier molecular flexibility index (Phi) is 5.20. The smallest absolute Gasteiger partial charge is 0.323 e. The Labute approximate surface area is 177 Å². The number of fused-ring (bicyclic) bond motifs is 1. The van der Waals surface area contributed by atoms with Crippen molar-refractivity contribution in [1.29, 1.82) is 0 Å². The molecule has 0 aliphatic heterocycles. The van der Waals surface area contributed by atoms with Crippen LogP contribution in [0, 0.1) is 18.8 Å². The lowest BCUT2D eigenvalue weighted by Crippen LogP contribution is -2.19. The number of carbonyl (C=O) groups excluding carboxylic acids is 1. The van der Waals surface area contributed by atoms with Crippen molar-refractivity contribution in [2.45, 2.75) is 6.92 Å². The van der Waals surface area contributed by atoms with E-state index in [0.29, 0.717) is 39.3 Å². The maximum absolute atomic E-state index is 12.1. The van der Waals surface area contributed by atoms with Gasteiger partial charge in [0, 0.05) is 22.0 Å². The first-order chi connectivity index (χ1) is 14.5. The summed E-state index contributed by atoms with van der Waals surface area (Å²) in [6, 6.07) is 13.7. The van der Waals surface area contributed by atoms with Crippen LogP contribution in [0.25, 0.3) is 5.78 Å². The Morgan fingerprint density at radius 1 is 1.10 bits per heavy atom. The molecule has 2 heterocycles. The van der Waals surface area contributed by atoms with Crippen molar-refractivity contribution in [2.75, 3.05) is 16.4 Å². The lowest BCUT2D eigenvalue weighted by Gasteiger charge is -2.08. The predicted octanol–water partition coefficient (Wildman–Crippen LogP) is 3.71. The summed E-state index contributed by atoms with van der Waals surface area (Å²) in [5.41, 5.74) is 9.40. The van der Waals surface area contributed by atoms with Gasteiger partial charge < -0.3 is 16.4 Å². The van der Waals surface area contributed by atoms with Crippen LogP contribution in [0.1, 0.15) is 16.8 Å². The Morgan fingerprint density at radius 2 is 1.87 bits per heavy atom. The molecule has 9 heteroatoms. The number of carbonyl (C=O) groups is 1. The van der Waals surface area contributed by atoms with Crippen molar-refractivity contribution in [2.24, 2.45) is 0 Å². The van der Waals surface area contributed by atoms with Gasteiger partial charge in [0.2, 0.25) is 0 Å². The van der Waals surface area contributed by atoms with E-state index in [9.17, 15) is 4.79 Å². The molecule has 0 atom stereocenters. The molecule has 2 amide bonds. The zero-order valence-electron chi connectivity index (χ0n) is 15.8. The van der Waals surface area contributed by atoms with Crippen LogP contribution in [-0.4, -0.2) is 25.6 Å². The van der Waals surface area contributed by atoms with Gasteiger partial charge in [-0.3, -0.25) is 0 Å². The quantitative estimate of drug-likeness (QED) is 0.430. The largest absolute Gasteiger partial charge is 0.382 e. The zero-order chi connectivity index (χ0) is 21.1. The van der Waals surface area contributed by atoms with Crippen LogP contribution >= 0.6 is 11.6 Å². The second-order valence-corrected chi connectivity index (χ2v) is 6.78. The Balaban J connectivity index is 1.47. The summed E-state index contributed by atoms with van der Waals surface area (Å²) in [7, 11) is 0. The number of aryl methyl sites for hydroxylation is 1. The minimum absolute atomic E-state index is 0.369. The van der Waals surface area contributed by atoms with Gasteiger partial charge in [-0.1, -0.05) is 29.5 Å². The number of rotatable bonds is 2. The summed E-state index contributed by atoms with van der Waals surface area (Å²) in [5.74, 6) is 6.91. The van der Waals surface area contributed by atoms with Gasteiger partial charge in [0.05, 0.1) is 11.3 Å². The molecule has 0 fully saturated rings. The van der Waals surface area contributed by atoms with Crippen LogP contribution in [0.15, 0.2) is 54.9 Å². The highest BCUT2D eigenvalue weighted by Gasteiger charge is 2.09. The number of urea groups is 1. The molecular weight excluding hydrogens is 402 g/mol. The van der Waals surface area contributed by atoms with Gasteiger partial charge in [0.1, 0.15) is 12.1 Å². The lowest BCUT2D eigenvalue weighted by atomic mass is 10.1. The average molecular weight is 418 g/mol. The molecule has 4 aromatic rings. The maximum Gasteiger partial charge on any atom is 0.323 e. The topological polar surface area (TPSA) is 110 Å². The van der Waals surface area contributed by atoms with Gasteiger partial charge in [-0.05, 0) is 49.4 Å². The fourth-order valence-electron chi connectivity index (χ4n) is 2.76. The van der Waals surface area contributed by atoms with Gasteiger partial charge in [-0.25, -0.2) is 9.78 Å². The molecule has 0 radical (unpaired) electrons. The summed E-state index contributed by atoms with van der Waals surface area (Å²) >= 11 is 5.92. The molecule has 2 aromatic heterocycles. The maximum atomic E-state index is 12.1. The van der Waals surface area contributed by atoms with Crippen molar-refractivity contribution < 1.29 is 4.79 Å². The molecule has 4 rings (SSSR count). The van der Waals surface area contributed by atoms with E-state index in [-0.39, 0.29) is 6.03 Å². The molecule has 0 saturated carbocycles. The van der Waals surface area contributed by atoms with Gasteiger partial charge >= 0.3 is 6.03 Å². The first-order valence-electron chi connectivity index (χ1n) is 8.91. The third-order valence-electron chi connectivity index (χ3n) is 4.20. The number of anilines is 3. The molecular formula is C21H16ClN7O. The third-order valence-corrected chi connectivity index (χ3v) is 4.44. The zero-order valence-corrected chi connectivity index (χ0v) is 16.6. The molecule has 8 nitrogen and oxygen atoms in total. The van der Waals surface area contributed by atoms with Crippen molar-refractivity contribution in [3.63, 3.8) is 0 Å². The Hall–Kier alpha value is -4.09. The van der Waals surface area contributed by atoms with Crippen molar-refractivity contribution in [3.05, 3.63) is 76.7 Å². The first-order valence-corrected chi connectivity index (χ1v) is 9.29. The highest BCUT2D eigenvalue weighted by molar-refractivity contribution is 6.30. The summed E-state index contributed by atoms with van der Waals surface area (Å²) in [6.07, 6.45) is 1.39. The lowest BCUT2D eigenvalue weighted by molar-refractivity contribution is 0.262. The van der Waals surface area contributed by atoms with E-state index < -0.39 is 0 Å². The fourth-order valence-corrected chi connectivity index (χ4v) is 2.95. The highest BCUT2D eigenvalue weighted by Crippen LogP contribution is 2.17. The van der Waals surface area contributed by atoms with E-state index in [4.69, 9.17) is 17.3 Å². The molecule has 0 saturated heterocycles. The molecule has 30 heavy (non-hydrogen) atoms. The number of benzene rings is 2. The fraction of sp³-hybridized carbons (Fsp3) is 0.0476. The number of nitrogen functional groups attached to an aromatic ring is 1. The van der Waals surface area contributed by atoms with Gasteiger partial charge in [-0.15, -0.1) is 0 Å². The number of hydrogen-bond acceptors (Lipinski definition) is 5. The molecule has 4 N–H and O–H groups in total. The molecule has 0 unspecified atom stereocenters. The summed E-state index contributed by atoms with van der Waals surface area (Å²) < 4.78 is 1.45. The average Bonchev–Trinajstić information content (AvgIpc) is 3.17. The SMILES string of the molecule is Cc1nc2ncnn2c(N)c1C#Cc1ccc(NC(=O)Nc2cccc(Cl)c2)cc1. The molecule has 0 spiro atoms. The summed E-state index contributed by atoms with van der Waals surface area (Å²) in [6.45, 7) is 1.82. The van der Waals surface area contributed by atoms with Crippen molar-refractivity contribution in [1.82, 2.24) is 19.6 Å². The van der Waals surface area contributed by atoms with Crippen molar-refractivity contribution in [3.8, 4) is 11.8 Å². The number of halogens is 1. The number of amides is 2. The van der Waals surface area contributed by atoms with E-state index in [1.807, 2.05) is 6.92 Å². The van der Waals surface area contributed by atoms with Crippen LogP contribution < -0.4 is 16.4 Å². The van der Waals surface area contributed by atoms with Crippen LogP contribution in [-0.2, 0) is 0 Å². The molecule has 2 aromatic carbocycles. The van der Waals surface area contributed by atoms with Crippen molar-refractivity contribution >= 4 is 40.6 Å². The highest BCUT2D eigenvalue weighted by atomic mass is 35.5. The van der Waals surface area contributed by atoms with E-state index >= 15 is 0 Å². The predicted molar refractivity (Wildman–Crippen MR) is 116 cm³/mol. The van der Waals surface area contributed by atoms with Gasteiger partial charge in [0.15, 0.2) is 0 Å². The van der Waals surface area contributed by atoms with Crippen LogP contribution in [0.3, 0.4) is 0 Å². The summed E-state index contributed by atoms with van der Waals surface area (Å²) in [5, 5.41) is 10.1. The van der Waals surface area contributed by atoms with Crippen LogP contribution in [0.5, 0.6) is 0 Å². The number of aromatic nitrogens is 4. The van der Waals surface area contributed by atoms with Gasteiger partial charge in [-0.2, -0.15) is 14.6 Å². The minimum Gasteiger partial charge on any atom is -0.382 e. The van der Waals surface area contributed by atoms with E-state index in [1.165, 1.54) is 10.8 Å². The Bertz CT molecular complexity index is 1300. The number of nitrogens with one attached hydrogen (secondary N) is 2. The number of hydrogen-bond donors (Lipinski definition) is 3. The monoisotopic (exact) mass is 417 g/mol. The number of nitrogens with two attached hydrogens (primary N) is 1. The normalized spacial score (nSPS) is 10.3. The van der Waals surface area contributed by atoms with Crippen LogP contribution in [0.2, 0.25) is 5.02 Å². The second kappa shape index (κ2) is 8.11. The molecule has 0 aliphatic rings. The Morgan fingerprint density at radius 3 is 2.63 bits per heavy atom. The van der Waals surface area contributed by atoms with E-state index in [2.05, 4.69) is 37.5 Å².